The quantitative estimate of drug-likeness (QED) is 0.387. The van der Waals surface area contributed by atoms with Gasteiger partial charge in [-0.1, -0.05) is 42.5 Å². The minimum atomic E-state index is -3.30. The number of fused-ring (bicyclic) bond motifs is 3. The number of aliphatic carboxylic acids is 1. The van der Waals surface area contributed by atoms with Crippen LogP contribution in [0.5, 0.6) is 5.75 Å². The lowest BCUT2D eigenvalue weighted by molar-refractivity contribution is -0.159. The smallest absolute Gasteiger partial charge is 0.394 e. The first-order valence-electron chi connectivity index (χ1n) is 14.1. The van der Waals surface area contributed by atoms with Gasteiger partial charge in [0, 0.05) is 24.3 Å². The Kier molecular flexibility index (Phi) is 5.68. The highest BCUT2D eigenvalue weighted by atomic mass is 19.3. The molecule has 1 amide bonds. The number of benzene rings is 3. The molecule has 7 nitrogen and oxygen atoms in total. The molecular formula is C32H32F2N2O5. The van der Waals surface area contributed by atoms with Crippen LogP contribution in [0.2, 0.25) is 0 Å². The molecule has 5 aliphatic rings. The second kappa shape index (κ2) is 8.89. The van der Waals surface area contributed by atoms with Crippen molar-refractivity contribution in [1.29, 1.82) is 0 Å². The number of nitrogens with zero attached hydrogens (tertiary/aromatic N) is 2. The second-order valence-corrected chi connectivity index (χ2v) is 12.6. The van der Waals surface area contributed by atoms with Crippen molar-refractivity contribution < 1.29 is 33.3 Å². The summed E-state index contributed by atoms with van der Waals surface area (Å²) in [7, 11) is 0. The van der Waals surface area contributed by atoms with E-state index in [0.717, 1.165) is 28.4 Å². The maximum absolute atomic E-state index is 14.2. The number of hydrogen-bond donors (Lipinski definition) is 2. The van der Waals surface area contributed by atoms with Crippen LogP contribution in [-0.2, 0) is 11.3 Å². The van der Waals surface area contributed by atoms with E-state index in [2.05, 4.69) is 4.74 Å². The van der Waals surface area contributed by atoms with Gasteiger partial charge in [-0.2, -0.15) is 8.78 Å². The van der Waals surface area contributed by atoms with Gasteiger partial charge in [-0.3, -0.25) is 4.79 Å². The first-order chi connectivity index (χ1) is 19.4. The molecule has 3 aromatic carbocycles. The number of rotatable bonds is 7. The van der Waals surface area contributed by atoms with Gasteiger partial charge in [-0.25, -0.2) is 4.79 Å². The summed E-state index contributed by atoms with van der Waals surface area (Å²) in [5.74, 6) is -0.983. The lowest BCUT2D eigenvalue weighted by atomic mass is 9.68. The lowest BCUT2D eigenvalue weighted by Crippen LogP contribution is -2.60. The zero-order chi connectivity index (χ0) is 28.7. The Balaban J connectivity index is 1.29. The molecule has 4 saturated carbocycles. The molecule has 0 spiro atoms. The Morgan fingerprint density at radius 1 is 1.10 bits per heavy atom. The molecule has 41 heavy (non-hydrogen) atoms. The summed E-state index contributed by atoms with van der Waals surface area (Å²) >= 11 is 0. The Morgan fingerprint density at radius 3 is 2.56 bits per heavy atom. The van der Waals surface area contributed by atoms with E-state index in [0.29, 0.717) is 44.7 Å². The average molecular weight is 563 g/mol. The minimum Gasteiger partial charge on any atom is -0.480 e. The fraction of sp³-hybridized carbons (Fsp3) is 0.438. The van der Waals surface area contributed by atoms with Crippen molar-refractivity contribution in [2.75, 3.05) is 11.6 Å². The highest BCUT2D eigenvalue weighted by Crippen LogP contribution is 2.69. The number of carbonyl (C=O) groups excluding carboxylic acids is 1. The number of halogens is 2. The normalized spacial score (nSPS) is 29.2. The Bertz CT molecular complexity index is 1560. The molecule has 214 valence electrons. The molecule has 4 fully saturated rings. The number of carboxylic acids is 1. The molecule has 8 rings (SSSR count). The molecule has 4 unspecified atom stereocenters. The number of ether oxygens (including phenoxy) is 1. The van der Waals surface area contributed by atoms with Crippen LogP contribution in [0.15, 0.2) is 60.7 Å². The van der Waals surface area contributed by atoms with Crippen LogP contribution in [0, 0.1) is 17.3 Å². The highest BCUT2D eigenvalue weighted by molar-refractivity contribution is 6.11. The summed E-state index contributed by atoms with van der Waals surface area (Å²) in [4.78, 5) is 30.8. The summed E-state index contributed by atoms with van der Waals surface area (Å²) in [5, 5.41) is 23.7. The highest BCUT2D eigenvalue weighted by Gasteiger charge is 2.69. The maximum Gasteiger partial charge on any atom is 0.394 e. The second-order valence-electron chi connectivity index (χ2n) is 12.6. The zero-order valence-corrected chi connectivity index (χ0v) is 22.7. The fourth-order valence-electron chi connectivity index (χ4n) is 8.70. The third-order valence-corrected chi connectivity index (χ3v) is 9.77. The van der Waals surface area contributed by atoms with Crippen LogP contribution < -0.4 is 9.64 Å². The Labute approximate surface area is 236 Å². The SMILES string of the molecule is CC(F)(F)Oc1ccc(CN2CN([C@H](C(=O)O)C34CC5CC3CC(O)(C5)C4)C(=O)c3ccc4ccccc4c32)cc1. The van der Waals surface area contributed by atoms with Crippen molar-refractivity contribution in [2.24, 2.45) is 17.3 Å². The summed E-state index contributed by atoms with van der Waals surface area (Å²) in [6.07, 6.45) is -0.0127. The van der Waals surface area contributed by atoms with Crippen LogP contribution in [0.25, 0.3) is 10.8 Å². The van der Waals surface area contributed by atoms with Crippen molar-refractivity contribution in [2.45, 2.75) is 63.3 Å². The number of anilines is 1. The average Bonchev–Trinajstić information content (AvgIpc) is 3.26. The van der Waals surface area contributed by atoms with E-state index in [1.165, 1.54) is 17.0 Å². The largest absolute Gasteiger partial charge is 0.480 e. The van der Waals surface area contributed by atoms with Gasteiger partial charge >= 0.3 is 12.1 Å². The van der Waals surface area contributed by atoms with E-state index in [9.17, 15) is 28.6 Å². The van der Waals surface area contributed by atoms with Crippen molar-refractivity contribution in [3.63, 3.8) is 0 Å². The number of alkyl halides is 2. The van der Waals surface area contributed by atoms with Gasteiger partial charge in [-0.05, 0) is 73.1 Å². The summed E-state index contributed by atoms with van der Waals surface area (Å²) < 4.78 is 31.4. The predicted molar refractivity (Wildman–Crippen MR) is 148 cm³/mol. The van der Waals surface area contributed by atoms with E-state index < -0.39 is 29.1 Å². The van der Waals surface area contributed by atoms with E-state index in [1.807, 2.05) is 35.2 Å². The maximum atomic E-state index is 14.2. The third-order valence-electron chi connectivity index (χ3n) is 9.77. The van der Waals surface area contributed by atoms with Crippen LogP contribution in [-0.4, -0.2) is 51.4 Å². The Hall–Kier alpha value is -3.72. The first-order valence-corrected chi connectivity index (χ1v) is 14.1. The van der Waals surface area contributed by atoms with E-state index in [-0.39, 0.29) is 30.2 Å². The summed E-state index contributed by atoms with van der Waals surface area (Å²) in [5.41, 5.74) is 0.432. The van der Waals surface area contributed by atoms with Gasteiger partial charge in [0.05, 0.1) is 23.5 Å². The van der Waals surface area contributed by atoms with Crippen LogP contribution in [0.3, 0.4) is 0 Å². The molecule has 9 heteroatoms. The van der Waals surface area contributed by atoms with Crippen LogP contribution in [0.4, 0.5) is 14.5 Å². The van der Waals surface area contributed by atoms with Crippen molar-refractivity contribution in [1.82, 2.24) is 4.90 Å². The standard InChI is InChI=1S/C32H32F2N2O5/c1-30(33,34)41-23-9-6-19(7-10-23)16-35-18-36(28(37)25-11-8-21-4-2-3-5-24(21)26(25)35)27(29(38)39)32-14-20-12-22(32)15-31(40,13-20)17-32/h2-11,20,22,27,40H,12-18H2,1H3,(H,38,39)/t20?,22?,27-,31?,32?/m1/s1. The third kappa shape index (κ3) is 4.24. The van der Waals surface area contributed by atoms with Gasteiger partial charge in [0.1, 0.15) is 11.8 Å². The molecule has 1 heterocycles. The monoisotopic (exact) mass is 562 g/mol. The lowest BCUT2D eigenvalue weighted by Gasteiger charge is -2.48. The summed E-state index contributed by atoms with van der Waals surface area (Å²) in [6, 6.07) is 16.7. The minimum absolute atomic E-state index is 0.0394. The number of carbonyl (C=O) groups is 2. The molecular weight excluding hydrogens is 530 g/mol. The van der Waals surface area contributed by atoms with E-state index in [4.69, 9.17) is 0 Å². The number of aliphatic hydroxyl groups is 1. The fourth-order valence-corrected chi connectivity index (χ4v) is 8.70. The number of carboxylic acid groups (broad SMARTS) is 1. The molecule has 0 aromatic heterocycles. The number of hydrogen-bond acceptors (Lipinski definition) is 5. The topological polar surface area (TPSA) is 90.3 Å². The van der Waals surface area contributed by atoms with Gasteiger partial charge in [0.15, 0.2) is 0 Å². The summed E-state index contributed by atoms with van der Waals surface area (Å²) in [6.45, 7) is 1.06. The zero-order valence-electron chi connectivity index (χ0n) is 22.7. The van der Waals surface area contributed by atoms with Crippen molar-refractivity contribution in [3.8, 4) is 5.75 Å². The molecule has 4 bridgehead atoms. The van der Waals surface area contributed by atoms with Gasteiger partial charge in [-0.15, -0.1) is 0 Å². The molecule has 0 saturated heterocycles. The number of amides is 1. The van der Waals surface area contributed by atoms with Crippen LogP contribution >= 0.6 is 0 Å². The molecule has 5 atom stereocenters. The molecule has 1 aliphatic heterocycles. The van der Waals surface area contributed by atoms with Crippen LogP contribution in [0.1, 0.15) is 54.9 Å². The van der Waals surface area contributed by atoms with E-state index >= 15 is 0 Å². The molecule has 4 aliphatic carbocycles. The van der Waals surface area contributed by atoms with Gasteiger partial charge in [0.2, 0.25) is 0 Å². The van der Waals surface area contributed by atoms with Gasteiger partial charge < -0.3 is 24.7 Å². The molecule has 2 N–H and O–H groups in total. The Morgan fingerprint density at radius 2 is 1.85 bits per heavy atom. The predicted octanol–water partition coefficient (Wildman–Crippen LogP) is 5.65. The molecule has 3 aromatic rings. The van der Waals surface area contributed by atoms with Crippen molar-refractivity contribution >= 4 is 28.3 Å². The van der Waals surface area contributed by atoms with Gasteiger partial charge in [0.25, 0.3) is 5.91 Å². The van der Waals surface area contributed by atoms with E-state index in [1.54, 1.807) is 18.2 Å². The first kappa shape index (κ1) is 26.2. The van der Waals surface area contributed by atoms with Crippen molar-refractivity contribution in [3.05, 3.63) is 71.8 Å². The molecule has 0 radical (unpaired) electrons.